The molecule has 0 atom stereocenters. The van der Waals surface area contributed by atoms with Gasteiger partial charge in [0.2, 0.25) is 10.0 Å². The number of nitrogens with zero attached hydrogens (tertiary/aromatic N) is 1. The van der Waals surface area contributed by atoms with E-state index in [4.69, 9.17) is 10.9 Å². The van der Waals surface area contributed by atoms with E-state index in [-0.39, 0.29) is 17.3 Å². The van der Waals surface area contributed by atoms with Crippen LogP contribution in [-0.4, -0.2) is 26.0 Å². The molecule has 0 saturated heterocycles. The van der Waals surface area contributed by atoms with Crippen molar-refractivity contribution in [2.75, 3.05) is 6.54 Å². The minimum atomic E-state index is -3.61. The average Bonchev–Trinajstić information content (AvgIpc) is 2.45. The number of oxime groups is 1. The standard InChI is InChI=1S/C14H23N3O3S/c1-4-5-11-6-8-12(9-7-11)21(19,20)16-10-14(2,3)13(15)17-18/h6-9,16,18H,4-5,10H2,1-3H3,(H2,15,17). The Kier molecular flexibility index (Phi) is 5.74. The zero-order valence-electron chi connectivity index (χ0n) is 12.6. The summed E-state index contributed by atoms with van der Waals surface area (Å²) in [7, 11) is -3.61. The van der Waals surface area contributed by atoms with Crippen LogP contribution in [0.1, 0.15) is 32.8 Å². The van der Waals surface area contributed by atoms with Gasteiger partial charge in [-0.25, -0.2) is 13.1 Å². The van der Waals surface area contributed by atoms with Crippen molar-refractivity contribution in [1.82, 2.24) is 4.72 Å². The van der Waals surface area contributed by atoms with Crippen LogP contribution in [0.15, 0.2) is 34.3 Å². The minimum Gasteiger partial charge on any atom is -0.409 e. The molecule has 21 heavy (non-hydrogen) atoms. The van der Waals surface area contributed by atoms with Crippen LogP contribution < -0.4 is 10.5 Å². The molecule has 1 aromatic carbocycles. The van der Waals surface area contributed by atoms with Crippen molar-refractivity contribution in [3.05, 3.63) is 29.8 Å². The van der Waals surface area contributed by atoms with Crippen molar-refractivity contribution in [3.8, 4) is 0 Å². The van der Waals surface area contributed by atoms with Gasteiger partial charge >= 0.3 is 0 Å². The Balaban J connectivity index is 2.82. The smallest absolute Gasteiger partial charge is 0.240 e. The van der Waals surface area contributed by atoms with Gasteiger partial charge in [-0.3, -0.25) is 0 Å². The van der Waals surface area contributed by atoms with Crippen LogP contribution in [0.25, 0.3) is 0 Å². The van der Waals surface area contributed by atoms with Crippen LogP contribution in [0.4, 0.5) is 0 Å². The molecule has 0 aliphatic heterocycles. The molecule has 7 heteroatoms. The van der Waals surface area contributed by atoms with Gasteiger partial charge in [-0.2, -0.15) is 0 Å². The van der Waals surface area contributed by atoms with Gasteiger partial charge in [-0.05, 0) is 24.1 Å². The van der Waals surface area contributed by atoms with E-state index >= 15 is 0 Å². The molecular weight excluding hydrogens is 290 g/mol. The number of rotatable bonds is 7. The molecule has 0 unspecified atom stereocenters. The van der Waals surface area contributed by atoms with Crippen molar-refractivity contribution >= 4 is 15.9 Å². The Morgan fingerprint density at radius 2 is 1.90 bits per heavy atom. The summed E-state index contributed by atoms with van der Waals surface area (Å²) >= 11 is 0. The fraction of sp³-hybridized carbons (Fsp3) is 0.500. The lowest BCUT2D eigenvalue weighted by atomic mass is 9.93. The number of sulfonamides is 1. The maximum absolute atomic E-state index is 12.2. The lowest BCUT2D eigenvalue weighted by molar-refractivity contribution is 0.307. The van der Waals surface area contributed by atoms with Gasteiger partial charge in [0.1, 0.15) is 5.84 Å². The summed E-state index contributed by atoms with van der Waals surface area (Å²) in [6.07, 6.45) is 1.93. The molecule has 118 valence electrons. The molecule has 0 aliphatic rings. The Labute approximate surface area is 126 Å². The zero-order valence-corrected chi connectivity index (χ0v) is 13.4. The van der Waals surface area contributed by atoms with E-state index in [1.54, 1.807) is 26.0 Å². The summed E-state index contributed by atoms with van der Waals surface area (Å²) in [4.78, 5) is 0.206. The van der Waals surface area contributed by atoms with Crippen molar-refractivity contribution in [2.24, 2.45) is 16.3 Å². The summed E-state index contributed by atoms with van der Waals surface area (Å²) in [5.41, 5.74) is 5.87. The molecule has 6 nitrogen and oxygen atoms in total. The number of hydrogen-bond acceptors (Lipinski definition) is 4. The molecule has 0 heterocycles. The van der Waals surface area contributed by atoms with Crippen molar-refractivity contribution in [2.45, 2.75) is 38.5 Å². The lowest BCUT2D eigenvalue weighted by Crippen LogP contribution is -2.42. The van der Waals surface area contributed by atoms with Crippen molar-refractivity contribution in [3.63, 3.8) is 0 Å². The van der Waals surface area contributed by atoms with Crippen molar-refractivity contribution < 1.29 is 13.6 Å². The van der Waals surface area contributed by atoms with E-state index in [2.05, 4.69) is 16.8 Å². The van der Waals surface area contributed by atoms with Gasteiger partial charge < -0.3 is 10.9 Å². The molecule has 0 aromatic heterocycles. The highest BCUT2D eigenvalue weighted by molar-refractivity contribution is 7.89. The minimum absolute atomic E-state index is 0.0245. The molecule has 0 saturated carbocycles. The summed E-state index contributed by atoms with van der Waals surface area (Å²) in [5.74, 6) is -0.0245. The number of hydrogen-bond donors (Lipinski definition) is 3. The quantitative estimate of drug-likeness (QED) is 0.308. The first kappa shape index (κ1) is 17.5. The molecule has 4 N–H and O–H groups in total. The number of amidine groups is 1. The third-order valence-electron chi connectivity index (χ3n) is 3.28. The Hall–Kier alpha value is -1.60. The Morgan fingerprint density at radius 1 is 1.33 bits per heavy atom. The van der Waals surface area contributed by atoms with Crippen LogP contribution in [0.5, 0.6) is 0 Å². The van der Waals surface area contributed by atoms with E-state index in [1.807, 2.05) is 12.1 Å². The molecule has 0 amide bonds. The molecule has 0 fully saturated rings. The average molecular weight is 313 g/mol. The molecule has 0 bridgehead atoms. The largest absolute Gasteiger partial charge is 0.409 e. The van der Waals surface area contributed by atoms with E-state index in [1.165, 1.54) is 0 Å². The maximum Gasteiger partial charge on any atom is 0.240 e. The monoisotopic (exact) mass is 313 g/mol. The first-order valence-corrected chi connectivity index (χ1v) is 8.28. The van der Waals surface area contributed by atoms with Crippen LogP contribution in [0, 0.1) is 5.41 Å². The van der Waals surface area contributed by atoms with Crippen LogP contribution in [0.3, 0.4) is 0 Å². The molecule has 0 radical (unpaired) electrons. The molecule has 0 spiro atoms. The predicted octanol–water partition coefficient (Wildman–Crippen LogP) is 1.69. The van der Waals surface area contributed by atoms with Crippen molar-refractivity contribution in [1.29, 1.82) is 0 Å². The fourth-order valence-electron chi connectivity index (χ4n) is 1.71. The second-order valence-electron chi connectivity index (χ2n) is 5.59. The summed E-state index contributed by atoms with van der Waals surface area (Å²) in [6, 6.07) is 6.80. The summed E-state index contributed by atoms with van der Waals surface area (Å²) in [5, 5.41) is 11.6. The van der Waals surface area contributed by atoms with Gasteiger partial charge in [-0.1, -0.05) is 44.5 Å². The van der Waals surface area contributed by atoms with Gasteiger partial charge in [0.15, 0.2) is 0 Å². The highest BCUT2D eigenvalue weighted by Gasteiger charge is 2.26. The van der Waals surface area contributed by atoms with Crippen LogP contribution in [-0.2, 0) is 16.4 Å². The number of aryl methyl sites for hydroxylation is 1. The SMILES string of the molecule is CCCc1ccc(S(=O)(=O)NCC(C)(C)/C(N)=N/O)cc1. The third-order valence-corrected chi connectivity index (χ3v) is 4.69. The molecule has 1 aromatic rings. The number of nitrogens with one attached hydrogen (secondary N) is 1. The second-order valence-corrected chi connectivity index (χ2v) is 7.35. The maximum atomic E-state index is 12.2. The normalized spacial score (nSPS) is 13.4. The lowest BCUT2D eigenvalue weighted by Gasteiger charge is -2.23. The zero-order chi connectivity index (χ0) is 16.1. The summed E-state index contributed by atoms with van der Waals surface area (Å²) in [6.45, 7) is 5.49. The topological polar surface area (TPSA) is 105 Å². The van der Waals surface area contributed by atoms with Gasteiger partial charge in [0.05, 0.1) is 4.90 Å². The highest BCUT2D eigenvalue weighted by Crippen LogP contribution is 2.16. The highest BCUT2D eigenvalue weighted by atomic mass is 32.2. The van der Waals surface area contributed by atoms with Gasteiger partial charge in [0.25, 0.3) is 0 Å². The van der Waals surface area contributed by atoms with Crippen LogP contribution >= 0.6 is 0 Å². The predicted molar refractivity (Wildman–Crippen MR) is 82.8 cm³/mol. The number of nitrogens with two attached hydrogens (primary N) is 1. The fourth-order valence-corrected chi connectivity index (χ4v) is 2.92. The van der Waals surface area contributed by atoms with Gasteiger partial charge in [0, 0.05) is 12.0 Å². The Morgan fingerprint density at radius 3 is 2.38 bits per heavy atom. The van der Waals surface area contributed by atoms with E-state index in [9.17, 15) is 8.42 Å². The first-order chi connectivity index (χ1) is 9.73. The van der Waals surface area contributed by atoms with E-state index < -0.39 is 15.4 Å². The van der Waals surface area contributed by atoms with E-state index in [0.717, 1.165) is 18.4 Å². The van der Waals surface area contributed by atoms with Gasteiger partial charge in [-0.15, -0.1) is 0 Å². The summed E-state index contributed by atoms with van der Waals surface area (Å²) < 4.78 is 26.9. The third kappa shape index (κ3) is 4.71. The Bertz CT molecular complexity index is 592. The molecular formula is C14H23N3O3S. The molecule has 0 aliphatic carbocycles. The second kappa shape index (κ2) is 6.91. The van der Waals surface area contributed by atoms with Crippen LogP contribution in [0.2, 0.25) is 0 Å². The van der Waals surface area contributed by atoms with E-state index in [0.29, 0.717) is 0 Å². The first-order valence-electron chi connectivity index (χ1n) is 6.79. The number of benzene rings is 1. The molecule has 1 rings (SSSR count).